The molecule has 1 aliphatic rings. The van der Waals surface area contributed by atoms with Crippen molar-refractivity contribution in [1.82, 2.24) is 14.8 Å². The van der Waals surface area contributed by atoms with E-state index in [4.69, 9.17) is 5.73 Å². The fourth-order valence-electron chi connectivity index (χ4n) is 2.45. The maximum atomic E-state index is 12.3. The molecule has 116 valence electrons. The minimum atomic E-state index is -4.18. The summed E-state index contributed by atoms with van der Waals surface area (Å²) < 4.78 is 36.9. The molecule has 0 radical (unpaired) electrons. The van der Waals surface area contributed by atoms with Crippen LogP contribution < -0.4 is 5.73 Å². The Morgan fingerprint density at radius 2 is 2.19 bits per heavy atom. The Kier molecular flexibility index (Phi) is 4.66. The van der Waals surface area contributed by atoms with Crippen LogP contribution in [0.5, 0.6) is 0 Å². The lowest BCUT2D eigenvalue weighted by Crippen LogP contribution is -2.52. The van der Waals surface area contributed by atoms with Gasteiger partial charge in [-0.15, -0.1) is 0 Å². The predicted octanol–water partition coefficient (Wildman–Crippen LogP) is 1.77. The van der Waals surface area contributed by atoms with Gasteiger partial charge in [0.1, 0.15) is 0 Å². The third-order valence-electron chi connectivity index (χ3n) is 3.53. The van der Waals surface area contributed by atoms with Crippen molar-refractivity contribution < 1.29 is 18.0 Å². The number of urea groups is 1. The number of halogens is 3. The van der Waals surface area contributed by atoms with E-state index < -0.39 is 18.6 Å². The third-order valence-corrected chi connectivity index (χ3v) is 3.53. The van der Waals surface area contributed by atoms with Crippen LogP contribution in [0.25, 0.3) is 0 Å². The second kappa shape index (κ2) is 6.30. The normalized spacial score (nSPS) is 20.5. The number of hydrogen-bond acceptors (Lipinski definition) is 3. The summed E-state index contributed by atoms with van der Waals surface area (Å²) in [7, 11) is 0. The third kappa shape index (κ3) is 4.32. The molecule has 5 nitrogen and oxygen atoms in total. The van der Waals surface area contributed by atoms with Crippen molar-refractivity contribution in [2.75, 3.05) is 26.2 Å². The van der Waals surface area contributed by atoms with Gasteiger partial charge in [-0.25, -0.2) is 4.79 Å². The van der Waals surface area contributed by atoms with E-state index >= 15 is 0 Å². The van der Waals surface area contributed by atoms with Gasteiger partial charge in [-0.2, -0.15) is 13.2 Å². The Morgan fingerprint density at radius 3 is 2.76 bits per heavy atom. The highest BCUT2D eigenvalue weighted by molar-refractivity contribution is 5.72. The van der Waals surface area contributed by atoms with Crippen LogP contribution in [-0.2, 0) is 0 Å². The van der Waals surface area contributed by atoms with Gasteiger partial charge in [0, 0.05) is 38.6 Å². The molecule has 1 aliphatic heterocycles. The molecule has 0 aromatic carbocycles. The zero-order chi connectivity index (χ0) is 15.5. The van der Waals surface area contributed by atoms with E-state index in [1.54, 1.807) is 29.4 Å². The van der Waals surface area contributed by atoms with Gasteiger partial charge in [-0.1, -0.05) is 6.07 Å². The van der Waals surface area contributed by atoms with Crippen LogP contribution in [0, 0.1) is 0 Å². The molecule has 2 amide bonds. The van der Waals surface area contributed by atoms with Crippen molar-refractivity contribution in [2.24, 2.45) is 5.73 Å². The van der Waals surface area contributed by atoms with Crippen LogP contribution in [-0.4, -0.2) is 53.2 Å². The average Bonchev–Trinajstić information content (AvgIpc) is 2.45. The Hall–Kier alpha value is -1.83. The number of carbonyl (C=O) groups is 1. The lowest BCUT2D eigenvalue weighted by atomic mass is 10.0. The van der Waals surface area contributed by atoms with E-state index in [0.717, 1.165) is 5.56 Å². The van der Waals surface area contributed by atoms with Crippen LogP contribution in [0.4, 0.5) is 18.0 Å². The van der Waals surface area contributed by atoms with E-state index in [-0.39, 0.29) is 12.6 Å². The number of pyridine rings is 1. The molecule has 0 bridgehead atoms. The summed E-state index contributed by atoms with van der Waals surface area (Å²) >= 11 is 0. The van der Waals surface area contributed by atoms with Crippen LogP contribution >= 0.6 is 0 Å². The molecule has 2 heterocycles. The molecule has 8 heteroatoms. The fourth-order valence-corrected chi connectivity index (χ4v) is 2.45. The quantitative estimate of drug-likeness (QED) is 0.925. The molecule has 1 aromatic rings. The number of carbonyl (C=O) groups excluding carboxylic acids is 1. The molecular formula is C13H17F3N4O. The van der Waals surface area contributed by atoms with Crippen molar-refractivity contribution in [3.63, 3.8) is 0 Å². The zero-order valence-electron chi connectivity index (χ0n) is 11.4. The summed E-state index contributed by atoms with van der Waals surface area (Å²) in [4.78, 5) is 18.7. The summed E-state index contributed by atoms with van der Waals surface area (Å²) in [6.45, 7) is 0.945. The van der Waals surface area contributed by atoms with Crippen molar-refractivity contribution in [2.45, 2.75) is 18.6 Å². The number of piperazine rings is 1. The van der Waals surface area contributed by atoms with Gasteiger partial charge >= 0.3 is 12.2 Å². The lowest BCUT2D eigenvalue weighted by molar-refractivity contribution is -0.139. The highest BCUT2D eigenvalue weighted by Gasteiger charge is 2.33. The standard InChI is InChI=1S/C13H17F3N4O/c14-13(15,16)3-5-19-6-7-20(12(17)21)11(9-19)10-2-1-4-18-8-10/h1-2,4,8,11H,3,5-7,9H2,(H2,17,21). The van der Waals surface area contributed by atoms with Gasteiger partial charge in [0.25, 0.3) is 0 Å². The summed E-state index contributed by atoms with van der Waals surface area (Å²) in [5.41, 5.74) is 6.12. The lowest BCUT2D eigenvalue weighted by Gasteiger charge is -2.40. The van der Waals surface area contributed by atoms with Gasteiger partial charge in [0.15, 0.2) is 0 Å². The summed E-state index contributed by atoms with van der Waals surface area (Å²) in [5.74, 6) is 0. The van der Waals surface area contributed by atoms with E-state index in [1.165, 1.54) is 4.90 Å². The SMILES string of the molecule is NC(=O)N1CCN(CCC(F)(F)F)CC1c1cccnc1. The second-order valence-corrected chi connectivity index (χ2v) is 5.00. The first-order valence-corrected chi connectivity index (χ1v) is 6.62. The molecule has 0 spiro atoms. The molecule has 2 rings (SSSR count). The van der Waals surface area contributed by atoms with Crippen molar-refractivity contribution in [3.8, 4) is 0 Å². The van der Waals surface area contributed by atoms with Gasteiger partial charge < -0.3 is 10.6 Å². The van der Waals surface area contributed by atoms with E-state index in [0.29, 0.717) is 19.6 Å². The smallest absolute Gasteiger partial charge is 0.351 e. The number of primary amides is 1. The number of rotatable bonds is 3. The van der Waals surface area contributed by atoms with Crippen molar-refractivity contribution in [1.29, 1.82) is 0 Å². The molecule has 1 atom stereocenters. The number of nitrogens with zero attached hydrogens (tertiary/aromatic N) is 3. The number of aromatic nitrogens is 1. The minimum absolute atomic E-state index is 0.0765. The molecular weight excluding hydrogens is 285 g/mol. The van der Waals surface area contributed by atoms with Crippen LogP contribution in [0.2, 0.25) is 0 Å². The maximum Gasteiger partial charge on any atom is 0.390 e. The first-order valence-electron chi connectivity index (χ1n) is 6.62. The zero-order valence-corrected chi connectivity index (χ0v) is 11.4. The van der Waals surface area contributed by atoms with Gasteiger partial charge in [0.2, 0.25) is 0 Å². The summed E-state index contributed by atoms with van der Waals surface area (Å²) in [6.07, 6.45) is -1.83. The van der Waals surface area contributed by atoms with Crippen LogP contribution in [0.3, 0.4) is 0 Å². The maximum absolute atomic E-state index is 12.3. The summed E-state index contributed by atoms with van der Waals surface area (Å²) in [5, 5.41) is 0. The topological polar surface area (TPSA) is 62.5 Å². The molecule has 21 heavy (non-hydrogen) atoms. The Balaban J connectivity index is 2.08. The van der Waals surface area contributed by atoms with Crippen molar-refractivity contribution >= 4 is 6.03 Å². The summed E-state index contributed by atoms with van der Waals surface area (Å²) in [6, 6.07) is 2.59. The Bertz CT molecular complexity index is 480. The van der Waals surface area contributed by atoms with E-state index in [1.807, 2.05) is 0 Å². The van der Waals surface area contributed by atoms with Gasteiger partial charge in [-0.05, 0) is 11.6 Å². The number of nitrogens with two attached hydrogens (primary N) is 1. The molecule has 2 N–H and O–H groups in total. The predicted molar refractivity (Wildman–Crippen MR) is 70.4 cm³/mol. The minimum Gasteiger partial charge on any atom is -0.351 e. The fraction of sp³-hybridized carbons (Fsp3) is 0.538. The molecule has 1 aromatic heterocycles. The van der Waals surface area contributed by atoms with Crippen LogP contribution in [0.15, 0.2) is 24.5 Å². The van der Waals surface area contributed by atoms with Crippen molar-refractivity contribution in [3.05, 3.63) is 30.1 Å². The van der Waals surface area contributed by atoms with E-state index in [9.17, 15) is 18.0 Å². The molecule has 0 aliphatic carbocycles. The highest BCUT2D eigenvalue weighted by atomic mass is 19.4. The molecule has 1 fully saturated rings. The largest absolute Gasteiger partial charge is 0.390 e. The molecule has 1 saturated heterocycles. The number of alkyl halides is 3. The number of hydrogen-bond donors (Lipinski definition) is 1. The second-order valence-electron chi connectivity index (χ2n) is 5.00. The number of amides is 2. The molecule has 0 saturated carbocycles. The first-order chi connectivity index (χ1) is 9.87. The molecule has 1 unspecified atom stereocenters. The monoisotopic (exact) mass is 302 g/mol. The highest BCUT2D eigenvalue weighted by Crippen LogP contribution is 2.26. The van der Waals surface area contributed by atoms with E-state index in [2.05, 4.69) is 4.98 Å². The van der Waals surface area contributed by atoms with Gasteiger partial charge in [0.05, 0.1) is 12.5 Å². The average molecular weight is 302 g/mol. The Morgan fingerprint density at radius 1 is 1.43 bits per heavy atom. The Labute approximate surface area is 120 Å². The van der Waals surface area contributed by atoms with Crippen LogP contribution in [0.1, 0.15) is 18.0 Å². The first kappa shape index (κ1) is 15.6. The van der Waals surface area contributed by atoms with Gasteiger partial charge in [-0.3, -0.25) is 9.88 Å².